The fourth-order valence-corrected chi connectivity index (χ4v) is 3.42. The summed E-state index contributed by atoms with van der Waals surface area (Å²) < 4.78 is 19.0. The Morgan fingerprint density at radius 2 is 1.80 bits per heavy atom. The zero-order chi connectivity index (χ0) is 21.1. The Bertz CT molecular complexity index is 1210. The number of amides is 1. The van der Waals surface area contributed by atoms with E-state index in [0.717, 1.165) is 5.56 Å². The largest absolute Gasteiger partial charge is 0.436 e. The van der Waals surface area contributed by atoms with Gasteiger partial charge >= 0.3 is 0 Å². The minimum Gasteiger partial charge on any atom is -0.436 e. The summed E-state index contributed by atoms with van der Waals surface area (Å²) in [6.45, 7) is 0.246. The highest BCUT2D eigenvalue weighted by Gasteiger charge is 2.17. The van der Waals surface area contributed by atoms with Crippen molar-refractivity contribution < 1.29 is 13.6 Å². The van der Waals surface area contributed by atoms with Crippen LogP contribution >= 0.6 is 23.2 Å². The standard InChI is InChI=1S/C23H15Cl2FN2O2/c24-16-8-5-15(20(25)11-16)12-27-22(29)18-3-1-2-4-19(18)23-28-13-21(30-23)14-6-9-17(26)10-7-14/h1-11,13H,12H2,(H,27,29). The molecular formula is C23H15Cl2FN2O2. The summed E-state index contributed by atoms with van der Waals surface area (Å²) in [6.07, 6.45) is 1.55. The third-order valence-electron chi connectivity index (χ3n) is 4.49. The van der Waals surface area contributed by atoms with Gasteiger partial charge in [-0.25, -0.2) is 9.37 Å². The number of hydrogen-bond acceptors (Lipinski definition) is 3. The van der Waals surface area contributed by atoms with Gasteiger partial charge in [0.25, 0.3) is 5.91 Å². The van der Waals surface area contributed by atoms with Crippen molar-refractivity contribution in [2.24, 2.45) is 0 Å². The number of halogens is 3. The lowest BCUT2D eigenvalue weighted by molar-refractivity contribution is 0.0951. The number of rotatable bonds is 5. The van der Waals surface area contributed by atoms with Crippen LogP contribution in [0.15, 0.2) is 77.3 Å². The van der Waals surface area contributed by atoms with E-state index in [0.29, 0.717) is 38.4 Å². The molecule has 0 aliphatic heterocycles. The average molecular weight is 441 g/mol. The van der Waals surface area contributed by atoms with E-state index in [4.69, 9.17) is 27.6 Å². The predicted octanol–water partition coefficient (Wildman–Crippen LogP) is 6.38. The molecule has 30 heavy (non-hydrogen) atoms. The summed E-state index contributed by atoms with van der Waals surface area (Å²) >= 11 is 12.1. The van der Waals surface area contributed by atoms with E-state index >= 15 is 0 Å². The predicted molar refractivity (Wildman–Crippen MR) is 115 cm³/mol. The van der Waals surface area contributed by atoms with Crippen molar-refractivity contribution in [2.75, 3.05) is 0 Å². The molecular weight excluding hydrogens is 426 g/mol. The molecule has 1 amide bonds. The van der Waals surface area contributed by atoms with Crippen LogP contribution in [0.5, 0.6) is 0 Å². The molecule has 0 atom stereocenters. The number of hydrogen-bond donors (Lipinski definition) is 1. The molecule has 1 heterocycles. The second-order valence-electron chi connectivity index (χ2n) is 6.50. The Kier molecular flexibility index (Phi) is 5.84. The van der Waals surface area contributed by atoms with E-state index in [1.54, 1.807) is 60.8 Å². The number of aromatic nitrogens is 1. The van der Waals surface area contributed by atoms with Gasteiger partial charge in [-0.2, -0.15) is 0 Å². The van der Waals surface area contributed by atoms with E-state index < -0.39 is 0 Å². The third kappa shape index (κ3) is 4.37. The first-order valence-electron chi connectivity index (χ1n) is 9.04. The molecule has 7 heteroatoms. The topological polar surface area (TPSA) is 55.1 Å². The molecule has 0 aliphatic rings. The normalized spacial score (nSPS) is 10.8. The molecule has 0 saturated carbocycles. The highest BCUT2D eigenvalue weighted by Crippen LogP contribution is 2.28. The molecule has 0 fully saturated rings. The number of carbonyl (C=O) groups is 1. The lowest BCUT2D eigenvalue weighted by Crippen LogP contribution is -2.23. The fourth-order valence-electron chi connectivity index (χ4n) is 2.95. The smallest absolute Gasteiger partial charge is 0.252 e. The van der Waals surface area contributed by atoms with Gasteiger partial charge in [0, 0.05) is 27.7 Å². The maximum absolute atomic E-state index is 13.1. The lowest BCUT2D eigenvalue weighted by atomic mass is 10.1. The second-order valence-corrected chi connectivity index (χ2v) is 7.34. The summed E-state index contributed by atoms with van der Waals surface area (Å²) in [5.74, 6) is 0.150. The maximum atomic E-state index is 13.1. The Morgan fingerprint density at radius 1 is 1.03 bits per heavy atom. The molecule has 4 nitrogen and oxygen atoms in total. The van der Waals surface area contributed by atoms with E-state index in [1.165, 1.54) is 12.1 Å². The highest BCUT2D eigenvalue weighted by atomic mass is 35.5. The Hall–Kier alpha value is -3.15. The van der Waals surface area contributed by atoms with Crippen molar-refractivity contribution in [1.82, 2.24) is 10.3 Å². The van der Waals surface area contributed by atoms with Crippen LogP contribution in [0.3, 0.4) is 0 Å². The fraction of sp³-hybridized carbons (Fsp3) is 0.0435. The molecule has 3 aromatic carbocycles. The van der Waals surface area contributed by atoms with Gasteiger partial charge in [0.1, 0.15) is 5.82 Å². The molecule has 1 aromatic heterocycles. The van der Waals surface area contributed by atoms with Crippen LogP contribution in [-0.2, 0) is 6.54 Å². The van der Waals surface area contributed by atoms with Gasteiger partial charge in [-0.1, -0.05) is 41.4 Å². The zero-order valence-corrected chi connectivity index (χ0v) is 17.0. The van der Waals surface area contributed by atoms with Gasteiger partial charge in [0.05, 0.1) is 11.8 Å². The van der Waals surface area contributed by atoms with Crippen molar-refractivity contribution in [3.63, 3.8) is 0 Å². The Balaban J connectivity index is 1.56. The third-order valence-corrected chi connectivity index (χ3v) is 5.08. The molecule has 0 saturated heterocycles. The molecule has 0 unspecified atom stereocenters. The Morgan fingerprint density at radius 3 is 2.57 bits per heavy atom. The molecule has 0 spiro atoms. The first-order valence-corrected chi connectivity index (χ1v) is 9.80. The summed E-state index contributed by atoms with van der Waals surface area (Å²) in [7, 11) is 0. The molecule has 0 radical (unpaired) electrons. The highest BCUT2D eigenvalue weighted by molar-refractivity contribution is 6.35. The monoisotopic (exact) mass is 440 g/mol. The number of nitrogens with one attached hydrogen (secondary N) is 1. The van der Waals surface area contributed by atoms with E-state index in [-0.39, 0.29) is 18.3 Å². The number of nitrogens with zero attached hydrogens (tertiary/aromatic N) is 1. The zero-order valence-electron chi connectivity index (χ0n) is 15.5. The van der Waals surface area contributed by atoms with Gasteiger partial charge in [0.2, 0.25) is 5.89 Å². The summed E-state index contributed by atoms with van der Waals surface area (Å²) in [4.78, 5) is 17.1. The van der Waals surface area contributed by atoms with E-state index in [9.17, 15) is 9.18 Å². The molecule has 4 aromatic rings. The van der Waals surface area contributed by atoms with Crippen molar-refractivity contribution in [3.8, 4) is 22.8 Å². The number of benzene rings is 3. The number of oxazole rings is 1. The molecule has 0 aliphatic carbocycles. The minimum absolute atomic E-state index is 0.246. The van der Waals surface area contributed by atoms with Crippen LogP contribution in [-0.4, -0.2) is 10.9 Å². The van der Waals surface area contributed by atoms with Crippen molar-refractivity contribution in [1.29, 1.82) is 0 Å². The van der Waals surface area contributed by atoms with Gasteiger partial charge in [-0.3, -0.25) is 4.79 Å². The van der Waals surface area contributed by atoms with Crippen molar-refractivity contribution in [3.05, 3.63) is 99.9 Å². The lowest BCUT2D eigenvalue weighted by Gasteiger charge is -2.09. The molecule has 1 N–H and O–H groups in total. The summed E-state index contributed by atoms with van der Waals surface area (Å²) in [5.41, 5.74) is 2.40. The minimum atomic E-state index is -0.332. The number of carbonyl (C=O) groups excluding carboxylic acids is 1. The van der Waals surface area contributed by atoms with Crippen molar-refractivity contribution in [2.45, 2.75) is 6.54 Å². The van der Waals surface area contributed by atoms with Crippen LogP contribution in [0.2, 0.25) is 10.0 Å². The SMILES string of the molecule is O=C(NCc1ccc(Cl)cc1Cl)c1ccccc1-c1ncc(-c2ccc(F)cc2)o1. The maximum Gasteiger partial charge on any atom is 0.252 e. The molecule has 0 bridgehead atoms. The summed E-state index contributed by atoms with van der Waals surface area (Å²) in [6, 6.07) is 18.0. The van der Waals surface area contributed by atoms with E-state index in [1.807, 2.05) is 0 Å². The average Bonchev–Trinajstić information content (AvgIpc) is 3.23. The first kappa shape index (κ1) is 20.1. The van der Waals surface area contributed by atoms with Gasteiger partial charge in [0.15, 0.2) is 5.76 Å². The van der Waals surface area contributed by atoms with Crippen LogP contribution in [0.4, 0.5) is 4.39 Å². The first-order chi connectivity index (χ1) is 14.5. The molecule has 150 valence electrons. The quantitative estimate of drug-likeness (QED) is 0.391. The van der Waals surface area contributed by atoms with Crippen LogP contribution in [0, 0.1) is 5.82 Å². The van der Waals surface area contributed by atoms with Crippen LogP contribution < -0.4 is 5.32 Å². The second kappa shape index (κ2) is 8.69. The van der Waals surface area contributed by atoms with Crippen molar-refractivity contribution >= 4 is 29.1 Å². The van der Waals surface area contributed by atoms with Gasteiger partial charge in [-0.15, -0.1) is 0 Å². The van der Waals surface area contributed by atoms with Gasteiger partial charge in [-0.05, 0) is 54.1 Å². The summed E-state index contributed by atoms with van der Waals surface area (Å²) in [5, 5.41) is 3.86. The molecule has 4 rings (SSSR count). The van der Waals surface area contributed by atoms with Crippen LogP contribution in [0.1, 0.15) is 15.9 Å². The van der Waals surface area contributed by atoms with Gasteiger partial charge < -0.3 is 9.73 Å². The van der Waals surface area contributed by atoms with Crippen LogP contribution in [0.25, 0.3) is 22.8 Å². The Labute approximate surface area is 182 Å². The van der Waals surface area contributed by atoms with E-state index in [2.05, 4.69) is 10.3 Å².